The van der Waals surface area contributed by atoms with Crippen LogP contribution in [0, 0.1) is 0 Å². The first-order valence-corrected chi connectivity index (χ1v) is 8.23. The summed E-state index contributed by atoms with van der Waals surface area (Å²) in [7, 11) is 0. The van der Waals surface area contributed by atoms with E-state index in [0.717, 1.165) is 0 Å². The molecule has 2 aliphatic heterocycles. The van der Waals surface area contributed by atoms with E-state index in [9.17, 15) is 35.7 Å². The van der Waals surface area contributed by atoms with Gasteiger partial charge in [0.1, 0.15) is 48.8 Å². The molecule has 12 heteroatoms. The van der Waals surface area contributed by atoms with Crippen molar-refractivity contribution in [2.24, 2.45) is 0 Å². The molecule has 2 saturated heterocycles. The zero-order valence-corrected chi connectivity index (χ0v) is 14.4. The molecule has 0 amide bonds. The summed E-state index contributed by atoms with van der Waals surface area (Å²) in [5.41, 5.74) is 0. The quantitative estimate of drug-likeness (QED) is 0.146. The number of hydrogen-bond donors (Lipinski definition) is 8. The van der Waals surface area contributed by atoms with Crippen LogP contribution in [0.15, 0.2) is 0 Å². The fraction of sp³-hybridized carbons (Fsp3) is 1.00. The van der Waals surface area contributed by atoms with Gasteiger partial charge in [-0.2, -0.15) is 0 Å². The van der Waals surface area contributed by atoms with Crippen LogP contribution in [-0.2, 0) is 14.2 Å². The molecule has 2 aliphatic rings. The lowest BCUT2D eigenvalue weighted by Gasteiger charge is -2.44. The third kappa shape index (κ3) is 3.99. The number of ether oxygens (including phenoxy) is 3. The predicted octanol–water partition coefficient (Wildman–Crippen LogP) is -4.63. The van der Waals surface area contributed by atoms with E-state index in [-0.39, 0.29) is 0 Å². The van der Waals surface area contributed by atoms with Crippen molar-refractivity contribution in [3.8, 4) is 0 Å². The highest BCUT2D eigenvalue weighted by Crippen LogP contribution is 2.33. The van der Waals surface area contributed by atoms with Crippen molar-refractivity contribution in [1.29, 1.82) is 0 Å². The minimum Gasteiger partial charge on any atom is -0.394 e. The second-order valence-corrected chi connectivity index (χ2v) is 7.27. The maximum atomic E-state index is 9.87. The smallest absolute Gasteiger partial charge is 0.248 e. The Kier molecular flexibility index (Phi) is 6.77. The van der Waals surface area contributed by atoms with Gasteiger partial charge in [-0.15, -0.1) is 0 Å². The van der Waals surface area contributed by atoms with E-state index in [1.807, 2.05) is 0 Å². The highest BCUT2D eigenvalue weighted by Gasteiger charge is 2.52. The molecule has 0 radical (unpaired) electrons. The normalized spacial score (nSPS) is 53.1. The van der Waals surface area contributed by atoms with Gasteiger partial charge < -0.3 is 55.1 Å². The number of halogens is 1. The number of hydrogen-bond acceptors (Lipinski definition) is 11. The molecule has 2 heterocycles. The van der Waals surface area contributed by atoms with Crippen LogP contribution in [-0.4, -0.2) is 113 Å². The average Bonchev–Trinajstić information content (AvgIpc) is 2.54. The summed E-state index contributed by atoms with van der Waals surface area (Å²) in [6, 6.07) is 0. The van der Waals surface area contributed by atoms with Crippen molar-refractivity contribution < 1.29 is 55.1 Å². The summed E-state index contributed by atoms with van der Waals surface area (Å²) >= 11 is 1.34. The third-order valence-corrected chi connectivity index (χ3v) is 4.90. The van der Waals surface area contributed by atoms with Crippen LogP contribution in [0.25, 0.3) is 0 Å². The molecule has 24 heavy (non-hydrogen) atoms. The van der Waals surface area contributed by atoms with Gasteiger partial charge in [0.15, 0.2) is 6.29 Å². The van der Waals surface area contributed by atoms with E-state index in [2.05, 4.69) is 0 Å². The largest absolute Gasteiger partial charge is 0.394 e. The van der Waals surface area contributed by atoms with Crippen LogP contribution in [0.5, 0.6) is 0 Å². The first-order chi connectivity index (χ1) is 11.1. The Hall–Kier alpha value is 0.290. The molecule has 0 unspecified atom stereocenters. The van der Waals surface area contributed by atoms with E-state index in [4.69, 9.17) is 19.3 Å². The van der Waals surface area contributed by atoms with Crippen molar-refractivity contribution in [2.75, 3.05) is 13.2 Å². The van der Waals surface area contributed by atoms with Gasteiger partial charge in [0, 0.05) is 0 Å². The summed E-state index contributed by atoms with van der Waals surface area (Å²) in [4.78, 5) is 0. The Morgan fingerprint density at radius 2 is 1.46 bits per heavy atom. The molecule has 0 aromatic rings. The molecular weight excluding hydrogens is 447 g/mol. The van der Waals surface area contributed by atoms with E-state index in [0.29, 0.717) is 0 Å². The molecular formula is C12H21IO11. The monoisotopic (exact) mass is 468 g/mol. The molecule has 10 atom stereocenters. The molecule has 0 aromatic carbocycles. The second-order valence-electron chi connectivity index (χ2n) is 5.72. The molecule has 11 nitrogen and oxygen atoms in total. The molecule has 0 spiro atoms. The summed E-state index contributed by atoms with van der Waals surface area (Å²) < 4.78 is 13.2. The molecule has 0 bridgehead atoms. The van der Waals surface area contributed by atoms with Gasteiger partial charge >= 0.3 is 0 Å². The van der Waals surface area contributed by atoms with Crippen LogP contribution in [0.4, 0.5) is 0 Å². The Morgan fingerprint density at radius 3 is 2.04 bits per heavy atom. The summed E-state index contributed by atoms with van der Waals surface area (Å²) in [6.07, 6.45) is -13.8. The zero-order chi connectivity index (χ0) is 18.2. The third-order valence-electron chi connectivity index (χ3n) is 4.01. The Balaban J connectivity index is 1.99. The van der Waals surface area contributed by atoms with Crippen LogP contribution in [0.1, 0.15) is 0 Å². The fourth-order valence-corrected chi connectivity index (χ4v) is 3.19. The van der Waals surface area contributed by atoms with Gasteiger partial charge in [-0.3, -0.25) is 0 Å². The van der Waals surface area contributed by atoms with Crippen LogP contribution in [0.3, 0.4) is 0 Å². The zero-order valence-electron chi connectivity index (χ0n) is 12.3. The van der Waals surface area contributed by atoms with Crippen LogP contribution < -0.4 is 0 Å². The van der Waals surface area contributed by atoms with Gasteiger partial charge in [0.05, 0.1) is 13.2 Å². The van der Waals surface area contributed by atoms with Crippen molar-refractivity contribution in [3.05, 3.63) is 0 Å². The lowest BCUT2D eigenvalue weighted by atomic mass is 9.98. The highest BCUT2D eigenvalue weighted by molar-refractivity contribution is 14.1. The minimum atomic E-state index is -2.17. The van der Waals surface area contributed by atoms with Crippen molar-refractivity contribution in [2.45, 2.75) is 58.9 Å². The van der Waals surface area contributed by atoms with Gasteiger partial charge in [0.2, 0.25) is 3.79 Å². The standard InChI is InChI=1S/C12H21IO11/c13-12(21)10(20)8(18)6(16)4(24-12)2-22-11-9(19)7(17)5(15)3(1-14)23-11/h3-11,14-21H,1-2H2/t3-,4-,5-,6-,7+,8+,9-,10-,11+,12-/m1/s1. The van der Waals surface area contributed by atoms with Crippen molar-refractivity contribution >= 4 is 22.6 Å². The lowest BCUT2D eigenvalue weighted by molar-refractivity contribution is -0.329. The fourth-order valence-electron chi connectivity index (χ4n) is 2.50. The predicted molar refractivity (Wildman–Crippen MR) is 81.6 cm³/mol. The topological polar surface area (TPSA) is 190 Å². The molecule has 0 aliphatic carbocycles. The van der Waals surface area contributed by atoms with Crippen molar-refractivity contribution in [1.82, 2.24) is 0 Å². The molecule has 142 valence electrons. The Labute approximate surface area is 150 Å². The van der Waals surface area contributed by atoms with E-state index < -0.39 is 72.1 Å². The van der Waals surface area contributed by atoms with Gasteiger partial charge in [0.25, 0.3) is 0 Å². The summed E-state index contributed by atoms with van der Waals surface area (Å²) in [6.45, 7) is -1.12. The van der Waals surface area contributed by atoms with Gasteiger partial charge in [-0.25, -0.2) is 0 Å². The molecule has 2 fully saturated rings. The van der Waals surface area contributed by atoms with Gasteiger partial charge in [-0.1, -0.05) is 0 Å². The number of aliphatic hydroxyl groups excluding tert-OH is 7. The molecule has 8 N–H and O–H groups in total. The average molecular weight is 468 g/mol. The van der Waals surface area contributed by atoms with Crippen molar-refractivity contribution in [3.63, 3.8) is 0 Å². The first-order valence-electron chi connectivity index (χ1n) is 7.15. The lowest BCUT2D eigenvalue weighted by Crippen LogP contribution is -2.63. The molecule has 2 rings (SSSR count). The van der Waals surface area contributed by atoms with E-state index in [1.54, 1.807) is 0 Å². The summed E-state index contributed by atoms with van der Waals surface area (Å²) in [5, 5.41) is 77.2. The molecule has 0 aromatic heterocycles. The molecule has 0 saturated carbocycles. The maximum Gasteiger partial charge on any atom is 0.248 e. The number of alkyl halides is 1. The van der Waals surface area contributed by atoms with Crippen LogP contribution in [0.2, 0.25) is 0 Å². The first kappa shape index (κ1) is 20.6. The number of rotatable bonds is 4. The van der Waals surface area contributed by atoms with E-state index in [1.165, 1.54) is 22.6 Å². The SMILES string of the molecule is OC[C@H]1O[C@H](OC[C@H]2O[C@@](O)(I)[C@H](O)[C@@H](O)[C@@H]2O)[C@H](O)[C@@H](O)[C@@H]1O. The maximum absolute atomic E-state index is 9.87. The van der Waals surface area contributed by atoms with Crippen LogP contribution >= 0.6 is 22.6 Å². The summed E-state index contributed by atoms with van der Waals surface area (Å²) in [5.74, 6) is 0. The number of aliphatic hydroxyl groups is 8. The minimum absolute atomic E-state index is 0.487. The van der Waals surface area contributed by atoms with E-state index >= 15 is 0 Å². The highest BCUT2D eigenvalue weighted by atomic mass is 127. The van der Waals surface area contributed by atoms with Gasteiger partial charge in [-0.05, 0) is 22.6 Å². The Bertz CT molecular complexity index is 422. The Morgan fingerprint density at radius 1 is 0.875 bits per heavy atom. The second kappa shape index (κ2) is 7.89.